The standard InChI is InChI=1S/C13H18FN5O/c1-3-6-19-11(8-16-18-19)13(17-15)9-4-5-12(20-2)10(14)7-9/h4-5,7-8,13,17H,3,6,15H2,1-2H3. The van der Waals surface area contributed by atoms with Crippen molar-refractivity contribution in [2.75, 3.05) is 7.11 Å². The summed E-state index contributed by atoms with van der Waals surface area (Å²) >= 11 is 0. The van der Waals surface area contributed by atoms with E-state index in [1.54, 1.807) is 23.0 Å². The Hall–Kier alpha value is -1.99. The number of rotatable bonds is 6. The van der Waals surface area contributed by atoms with Gasteiger partial charge in [-0.1, -0.05) is 18.2 Å². The van der Waals surface area contributed by atoms with Crippen LogP contribution in [0.2, 0.25) is 0 Å². The molecule has 7 heteroatoms. The highest BCUT2D eigenvalue weighted by Crippen LogP contribution is 2.25. The molecule has 1 heterocycles. The molecule has 0 saturated carbocycles. The molecule has 108 valence electrons. The summed E-state index contributed by atoms with van der Waals surface area (Å²) in [6, 6.07) is 4.35. The van der Waals surface area contributed by atoms with Crippen LogP contribution in [0.5, 0.6) is 5.75 Å². The molecular weight excluding hydrogens is 261 g/mol. The van der Waals surface area contributed by atoms with Crippen molar-refractivity contribution in [3.05, 3.63) is 41.5 Å². The highest BCUT2D eigenvalue weighted by atomic mass is 19.1. The fraction of sp³-hybridized carbons (Fsp3) is 0.385. The molecule has 0 amide bonds. The average molecular weight is 279 g/mol. The van der Waals surface area contributed by atoms with Crippen molar-refractivity contribution in [3.63, 3.8) is 0 Å². The van der Waals surface area contributed by atoms with Crippen LogP contribution in [0.15, 0.2) is 24.4 Å². The Morgan fingerprint density at radius 3 is 2.90 bits per heavy atom. The fourth-order valence-corrected chi connectivity index (χ4v) is 2.09. The number of ether oxygens (including phenoxy) is 1. The lowest BCUT2D eigenvalue weighted by atomic mass is 10.0. The van der Waals surface area contributed by atoms with Gasteiger partial charge in [0.05, 0.1) is 25.0 Å². The van der Waals surface area contributed by atoms with Gasteiger partial charge in [0.15, 0.2) is 11.6 Å². The van der Waals surface area contributed by atoms with Gasteiger partial charge in [-0.25, -0.2) is 14.5 Å². The smallest absolute Gasteiger partial charge is 0.165 e. The predicted molar refractivity (Wildman–Crippen MR) is 72.4 cm³/mol. The highest BCUT2D eigenvalue weighted by Gasteiger charge is 2.19. The van der Waals surface area contributed by atoms with Crippen LogP contribution in [0, 0.1) is 5.82 Å². The summed E-state index contributed by atoms with van der Waals surface area (Å²) in [4.78, 5) is 0. The minimum absolute atomic E-state index is 0.199. The summed E-state index contributed by atoms with van der Waals surface area (Å²) in [7, 11) is 1.43. The molecule has 2 rings (SSSR count). The molecule has 1 atom stereocenters. The van der Waals surface area contributed by atoms with Gasteiger partial charge in [0.2, 0.25) is 0 Å². The first-order valence-electron chi connectivity index (χ1n) is 6.39. The summed E-state index contributed by atoms with van der Waals surface area (Å²) in [5, 5.41) is 7.90. The van der Waals surface area contributed by atoms with Gasteiger partial charge in [-0.2, -0.15) is 0 Å². The van der Waals surface area contributed by atoms with Crippen LogP contribution in [0.4, 0.5) is 4.39 Å². The molecule has 3 N–H and O–H groups in total. The number of nitrogens with zero attached hydrogens (tertiary/aromatic N) is 3. The molecule has 0 bridgehead atoms. The molecule has 1 unspecified atom stereocenters. The van der Waals surface area contributed by atoms with E-state index in [1.807, 2.05) is 6.92 Å². The molecule has 0 radical (unpaired) electrons. The lowest BCUT2D eigenvalue weighted by Crippen LogP contribution is -2.30. The summed E-state index contributed by atoms with van der Waals surface area (Å²) < 4.78 is 20.5. The van der Waals surface area contributed by atoms with Gasteiger partial charge < -0.3 is 4.74 Å². The normalized spacial score (nSPS) is 12.4. The van der Waals surface area contributed by atoms with E-state index in [9.17, 15) is 4.39 Å². The predicted octanol–water partition coefficient (Wildman–Crippen LogP) is 1.39. The van der Waals surface area contributed by atoms with Gasteiger partial charge >= 0.3 is 0 Å². The topological polar surface area (TPSA) is 78.0 Å². The van der Waals surface area contributed by atoms with Crippen molar-refractivity contribution in [1.29, 1.82) is 0 Å². The van der Waals surface area contributed by atoms with Crippen LogP contribution < -0.4 is 16.0 Å². The van der Waals surface area contributed by atoms with E-state index < -0.39 is 5.82 Å². The van der Waals surface area contributed by atoms with Crippen molar-refractivity contribution < 1.29 is 9.13 Å². The monoisotopic (exact) mass is 279 g/mol. The Morgan fingerprint density at radius 1 is 1.50 bits per heavy atom. The number of benzene rings is 1. The Kier molecular flexibility index (Phi) is 4.65. The third-order valence-corrected chi connectivity index (χ3v) is 3.05. The Morgan fingerprint density at radius 2 is 2.30 bits per heavy atom. The van der Waals surface area contributed by atoms with Crippen molar-refractivity contribution in [2.24, 2.45) is 5.84 Å². The summed E-state index contributed by atoms with van der Waals surface area (Å²) in [6.07, 6.45) is 2.55. The average Bonchev–Trinajstić information content (AvgIpc) is 2.89. The lowest BCUT2D eigenvalue weighted by Gasteiger charge is -2.17. The van der Waals surface area contributed by atoms with E-state index in [0.29, 0.717) is 5.56 Å². The second kappa shape index (κ2) is 6.44. The minimum Gasteiger partial charge on any atom is -0.494 e. The Bertz CT molecular complexity index is 572. The third kappa shape index (κ3) is 2.78. The first-order chi connectivity index (χ1) is 9.71. The maximum Gasteiger partial charge on any atom is 0.165 e. The molecule has 0 aliphatic carbocycles. The maximum atomic E-state index is 13.8. The second-order valence-corrected chi connectivity index (χ2v) is 4.38. The van der Waals surface area contributed by atoms with Gasteiger partial charge in [-0.3, -0.25) is 5.84 Å². The fourth-order valence-electron chi connectivity index (χ4n) is 2.09. The number of halogens is 1. The minimum atomic E-state index is -0.431. The Balaban J connectivity index is 2.36. The van der Waals surface area contributed by atoms with E-state index in [-0.39, 0.29) is 11.8 Å². The molecule has 0 aliphatic heterocycles. The SMILES string of the molecule is CCCn1nncc1C(NN)c1ccc(OC)c(F)c1. The number of methoxy groups -OCH3 is 1. The molecule has 0 aliphatic rings. The number of aromatic nitrogens is 3. The molecule has 0 spiro atoms. The summed E-state index contributed by atoms with van der Waals surface area (Å²) in [6.45, 7) is 2.77. The lowest BCUT2D eigenvalue weighted by molar-refractivity contribution is 0.385. The largest absolute Gasteiger partial charge is 0.494 e. The Labute approximate surface area is 116 Å². The van der Waals surface area contributed by atoms with Crippen LogP contribution in [0.25, 0.3) is 0 Å². The maximum absolute atomic E-state index is 13.8. The third-order valence-electron chi connectivity index (χ3n) is 3.05. The quantitative estimate of drug-likeness (QED) is 0.617. The molecule has 0 fully saturated rings. The summed E-state index contributed by atoms with van der Waals surface area (Å²) in [5.74, 6) is 5.38. The van der Waals surface area contributed by atoms with Crippen LogP contribution in [-0.4, -0.2) is 22.1 Å². The first-order valence-corrected chi connectivity index (χ1v) is 6.39. The van der Waals surface area contributed by atoms with E-state index >= 15 is 0 Å². The number of hydrazine groups is 1. The molecule has 20 heavy (non-hydrogen) atoms. The van der Waals surface area contributed by atoms with Gasteiger partial charge in [0, 0.05) is 6.54 Å². The highest BCUT2D eigenvalue weighted by molar-refractivity contribution is 5.34. The zero-order chi connectivity index (χ0) is 14.5. The van der Waals surface area contributed by atoms with Crippen LogP contribution in [-0.2, 0) is 6.54 Å². The zero-order valence-corrected chi connectivity index (χ0v) is 11.5. The van der Waals surface area contributed by atoms with E-state index in [4.69, 9.17) is 10.6 Å². The molecular formula is C13H18FN5O. The van der Waals surface area contributed by atoms with Crippen molar-refractivity contribution >= 4 is 0 Å². The number of aryl methyl sites for hydroxylation is 1. The second-order valence-electron chi connectivity index (χ2n) is 4.38. The van der Waals surface area contributed by atoms with E-state index in [2.05, 4.69) is 15.7 Å². The summed E-state index contributed by atoms with van der Waals surface area (Å²) in [5.41, 5.74) is 4.15. The molecule has 2 aromatic rings. The zero-order valence-electron chi connectivity index (χ0n) is 11.5. The van der Waals surface area contributed by atoms with Crippen LogP contribution >= 0.6 is 0 Å². The van der Waals surface area contributed by atoms with Gasteiger partial charge in [-0.05, 0) is 24.1 Å². The van der Waals surface area contributed by atoms with E-state index in [0.717, 1.165) is 18.7 Å². The molecule has 0 saturated heterocycles. The van der Waals surface area contributed by atoms with Crippen molar-refractivity contribution in [2.45, 2.75) is 25.9 Å². The number of nitrogens with one attached hydrogen (secondary N) is 1. The van der Waals surface area contributed by atoms with Gasteiger partial charge in [0.1, 0.15) is 0 Å². The van der Waals surface area contributed by atoms with Gasteiger partial charge in [0.25, 0.3) is 0 Å². The van der Waals surface area contributed by atoms with Gasteiger partial charge in [-0.15, -0.1) is 5.10 Å². The number of hydrogen-bond acceptors (Lipinski definition) is 5. The number of hydrogen-bond donors (Lipinski definition) is 2. The first kappa shape index (κ1) is 14.4. The van der Waals surface area contributed by atoms with Crippen molar-refractivity contribution in [3.8, 4) is 5.75 Å². The molecule has 1 aromatic carbocycles. The van der Waals surface area contributed by atoms with Crippen LogP contribution in [0.3, 0.4) is 0 Å². The van der Waals surface area contributed by atoms with Crippen molar-refractivity contribution in [1.82, 2.24) is 20.4 Å². The van der Waals surface area contributed by atoms with E-state index in [1.165, 1.54) is 13.2 Å². The number of nitrogens with two attached hydrogens (primary N) is 1. The van der Waals surface area contributed by atoms with Crippen LogP contribution in [0.1, 0.15) is 30.6 Å². The molecule has 1 aromatic heterocycles. The molecule has 6 nitrogen and oxygen atoms in total.